The third-order valence-electron chi connectivity index (χ3n) is 0. The number of carboxylic acid groups (broad SMARTS) is 2. The van der Waals surface area contributed by atoms with Crippen molar-refractivity contribution >= 4 is 12.9 Å². The molecular formula is C2H7NO4. The van der Waals surface area contributed by atoms with E-state index in [0.29, 0.717) is 0 Å². The highest BCUT2D eigenvalue weighted by Crippen LogP contribution is 0.969. The zero-order chi connectivity index (χ0) is 5.41. The molecule has 0 amide bonds. The molecular weight excluding hydrogens is 102 g/mol. The van der Waals surface area contributed by atoms with Crippen molar-refractivity contribution in [3.05, 3.63) is 0 Å². The van der Waals surface area contributed by atoms with Gasteiger partial charge in [0.15, 0.2) is 0 Å². The lowest BCUT2D eigenvalue weighted by Gasteiger charge is -1.34. The van der Waals surface area contributed by atoms with E-state index in [2.05, 4.69) is 0 Å². The van der Waals surface area contributed by atoms with Gasteiger partial charge in [-0.25, -0.2) is 0 Å². The Balaban J connectivity index is -0.0000000400. The summed E-state index contributed by atoms with van der Waals surface area (Å²) in [5, 5.41) is 13.8. The van der Waals surface area contributed by atoms with Gasteiger partial charge in [-0.1, -0.05) is 0 Å². The molecule has 0 aliphatic rings. The molecule has 44 valence electrons. The van der Waals surface area contributed by atoms with Crippen LogP contribution in [0.3, 0.4) is 0 Å². The Hall–Kier alpha value is -1.10. The molecule has 0 bridgehead atoms. The van der Waals surface area contributed by atoms with Gasteiger partial charge in [-0.05, 0) is 0 Å². The van der Waals surface area contributed by atoms with Crippen molar-refractivity contribution in [2.45, 2.75) is 0 Å². The Morgan fingerprint density at radius 2 is 1.00 bits per heavy atom. The van der Waals surface area contributed by atoms with Crippen LogP contribution >= 0.6 is 0 Å². The Bertz CT molecular complexity index is 30.7. The molecule has 0 rings (SSSR count). The first-order valence-corrected chi connectivity index (χ1v) is 0.988. The fourth-order valence-electron chi connectivity index (χ4n) is 0. The van der Waals surface area contributed by atoms with Crippen LogP contribution in [0.1, 0.15) is 0 Å². The SMILES string of the molecule is N.O=CO.O=CO. The summed E-state index contributed by atoms with van der Waals surface area (Å²) in [7, 11) is 0. The number of rotatable bonds is 0. The van der Waals surface area contributed by atoms with Crippen molar-refractivity contribution < 1.29 is 19.8 Å². The van der Waals surface area contributed by atoms with Crippen molar-refractivity contribution in [3.63, 3.8) is 0 Å². The average Bonchev–Trinajstić information content (AvgIpc) is 1.39. The minimum atomic E-state index is -0.250. The molecule has 0 aromatic heterocycles. The lowest BCUT2D eigenvalue weighted by Crippen LogP contribution is -1.49. The van der Waals surface area contributed by atoms with E-state index in [1.807, 2.05) is 0 Å². The molecule has 5 nitrogen and oxygen atoms in total. The third kappa shape index (κ3) is 34.1. The summed E-state index contributed by atoms with van der Waals surface area (Å²) in [6.07, 6.45) is 0. The molecule has 0 saturated carbocycles. The molecule has 5 heteroatoms. The molecule has 0 aliphatic carbocycles. The first kappa shape index (κ1) is 16.8. The summed E-state index contributed by atoms with van der Waals surface area (Å²) in [6.45, 7) is -0.500. The van der Waals surface area contributed by atoms with Crippen LogP contribution in [0, 0.1) is 0 Å². The highest BCUT2D eigenvalue weighted by atomic mass is 16.3. The van der Waals surface area contributed by atoms with E-state index in [4.69, 9.17) is 19.8 Å². The van der Waals surface area contributed by atoms with Crippen molar-refractivity contribution in [1.82, 2.24) is 6.15 Å². The van der Waals surface area contributed by atoms with Crippen LogP contribution < -0.4 is 6.15 Å². The van der Waals surface area contributed by atoms with Crippen LogP contribution in [0.2, 0.25) is 0 Å². The zero-order valence-corrected chi connectivity index (χ0v) is 3.57. The third-order valence-corrected chi connectivity index (χ3v) is 0. The summed E-state index contributed by atoms with van der Waals surface area (Å²) in [5.41, 5.74) is 0. The highest BCUT2D eigenvalue weighted by Gasteiger charge is 1.22. The molecule has 0 unspecified atom stereocenters. The van der Waals surface area contributed by atoms with E-state index in [-0.39, 0.29) is 19.1 Å². The number of carbonyl (C=O) groups is 2. The van der Waals surface area contributed by atoms with Gasteiger partial charge >= 0.3 is 0 Å². The molecule has 0 atom stereocenters. The van der Waals surface area contributed by atoms with E-state index in [1.54, 1.807) is 0 Å². The van der Waals surface area contributed by atoms with Crippen molar-refractivity contribution in [1.29, 1.82) is 0 Å². The van der Waals surface area contributed by atoms with Crippen molar-refractivity contribution in [2.75, 3.05) is 0 Å². The molecule has 0 aromatic carbocycles. The summed E-state index contributed by atoms with van der Waals surface area (Å²) in [4.78, 5) is 16.7. The summed E-state index contributed by atoms with van der Waals surface area (Å²) >= 11 is 0. The average molecular weight is 109 g/mol. The molecule has 0 saturated heterocycles. The molecule has 0 aromatic rings. The smallest absolute Gasteiger partial charge is 0.290 e. The van der Waals surface area contributed by atoms with Gasteiger partial charge in [0.1, 0.15) is 0 Å². The normalized spacial score (nSPS) is 3.43. The maximum atomic E-state index is 8.36. The highest BCUT2D eigenvalue weighted by molar-refractivity contribution is 5.32. The largest absolute Gasteiger partial charge is 0.483 e. The second-order valence-corrected chi connectivity index (χ2v) is 0.211. The Morgan fingerprint density at radius 1 is 1.00 bits per heavy atom. The lowest BCUT2D eigenvalue weighted by atomic mass is 11.7. The van der Waals surface area contributed by atoms with Crippen LogP contribution in [0.5, 0.6) is 0 Å². The Kier molecular flexibility index (Phi) is 221. The van der Waals surface area contributed by atoms with Gasteiger partial charge in [0, 0.05) is 0 Å². The summed E-state index contributed by atoms with van der Waals surface area (Å²) in [5.74, 6) is 0. The van der Waals surface area contributed by atoms with E-state index in [1.165, 1.54) is 0 Å². The van der Waals surface area contributed by atoms with Crippen LogP contribution in [-0.4, -0.2) is 23.2 Å². The zero-order valence-electron chi connectivity index (χ0n) is 3.57. The maximum Gasteiger partial charge on any atom is 0.290 e. The predicted octanol–water partition coefficient (Wildman–Crippen LogP) is -0.436. The topological polar surface area (TPSA) is 110 Å². The van der Waals surface area contributed by atoms with Crippen LogP contribution in [-0.2, 0) is 9.59 Å². The molecule has 0 heterocycles. The van der Waals surface area contributed by atoms with E-state index < -0.39 is 0 Å². The minimum absolute atomic E-state index is 0. The van der Waals surface area contributed by atoms with Gasteiger partial charge in [-0.15, -0.1) is 0 Å². The molecule has 5 N–H and O–H groups in total. The first-order valence-electron chi connectivity index (χ1n) is 0.988. The second kappa shape index (κ2) is 92.0. The van der Waals surface area contributed by atoms with Gasteiger partial charge in [0.25, 0.3) is 12.9 Å². The number of hydrogen-bond donors (Lipinski definition) is 3. The summed E-state index contributed by atoms with van der Waals surface area (Å²) in [6, 6.07) is 0. The van der Waals surface area contributed by atoms with E-state index >= 15 is 0 Å². The fraction of sp³-hybridized carbons (Fsp3) is 0. The lowest BCUT2D eigenvalue weighted by molar-refractivity contribution is -0.123. The molecule has 0 fully saturated rings. The van der Waals surface area contributed by atoms with Gasteiger partial charge in [-0.2, -0.15) is 0 Å². The van der Waals surface area contributed by atoms with Gasteiger partial charge in [0.05, 0.1) is 0 Å². The summed E-state index contributed by atoms with van der Waals surface area (Å²) < 4.78 is 0. The van der Waals surface area contributed by atoms with E-state index in [9.17, 15) is 0 Å². The molecule has 0 spiro atoms. The predicted molar refractivity (Wildman–Crippen MR) is 22.4 cm³/mol. The van der Waals surface area contributed by atoms with Crippen LogP contribution in [0.4, 0.5) is 0 Å². The minimum Gasteiger partial charge on any atom is -0.483 e. The monoisotopic (exact) mass is 109 g/mol. The number of hydrogen-bond acceptors (Lipinski definition) is 3. The van der Waals surface area contributed by atoms with Gasteiger partial charge in [0.2, 0.25) is 0 Å². The fourth-order valence-corrected chi connectivity index (χ4v) is 0. The van der Waals surface area contributed by atoms with Crippen molar-refractivity contribution in [3.8, 4) is 0 Å². The Labute approximate surface area is 40.2 Å². The van der Waals surface area contributed by atoms with Gasteiger partial charge < -0.3 is 16.4 Å². The Morgan fingerprint density at radius 3 is 1.00 bits per heavy atom. The van der Waals surface area contributed by atoms with Crippen molar-refractivity contribution in [2.24, 2.45) is 0 Å². The maximum absolute atomic E-state index is 8.36. The quantitative estimate of drug-likeness (QED) is 0.365. The standard InChI is InChI=1S/2CH2O2.H3N/c2*2-1-3;/h2*1H,(H,2,3);1H3. The van der Waals surface area contributed by atoms with Crippen LogP contribution in [0.15, 0.2) is 0 Å². The molecule has 7 heavy (non-hydrogen) atoms. The molecule has 0 aliphatic heterocycles. The first-order chi connectivity index (χ1) is 2.83. The second-order valence-electron chi connectivity index (χ2n) is 0.211. The van der Waals surface area contributed by atoms with E-state index in [0.717, 1.165) is 0 Å². The molecule has 0 radical (unpaired) electrons. The van der Waals surface area contributed by atoms with Crippen LogP contribution in [0.25, 0.3) is 0 Å². The van der Waals surface area contributed by atoms with Gasteiger partial charge in [-0.3, -0.25) is 9.59 Å².